The molecule has 7 heteroatoms. The van der Waals surface area contributed by atoms with E-state index in [2.05, 4.69) is 5.32 Å². The fraction of sp³-hybridized carbons (Fsp3) is 0.417. The van der Waals surface area contributed by atoms with E-state index in [0.29, 0.717) is 18.0 Å². The zero-order valence-corrected chi connectivity index (χ0v) is 11.2. The van der Waals surface area contributed by atoms with Crippen molar-refractivity contribution in [3.05, 3.63) is 21.9 Å². The number of hydrogen-bond acceptors (Lipinski definition) is 4. The predicted octanol–water partition coefficient (Wildman–Crippen LogP) is 0.433. The summed E-state index contributed by atoms with van der Waals surface area (Å²) in [5.41, 5.74) is 0. The number of amides is 4. The van der Waals surface area contributed by atoms with Crippen LogP contribution in [-0.4, -0.2) is 53.3 Å². The van der Waals surface area contributed by atoms with E-state index in [1.165, 1.54) is 16.2 Å². The summed E-state index contributed by atoms with van der Waals surface area (Å²) in [4.78, 5) is 39.7. The number of imide groups is 1. The molecule has 2 aliphatic heterocycles. The van der Waals surface area contributed by atoms with Gasteiger partial charge in [-0.25, -0.2) is 4.79 Å². The average Bonchev–Trinajstić information content (AvgIpc) is 2.87. The molecule has 6 nitrogen and oxygen atoms in total. The first-order valence-electron chi connectivity index (χ1n) is 6.02. The molecule has 4 amide bonds. The highest BCUT2D eigenvalue weighted by atomic mass is 32.1. The predicted molar refractivity (Wildman–Crippen MR) is 69.0 cm³/mol. The molecule has 0 saturated carbocycles. The lowest BCUT2D eigenvalue weighted by Crippen LogP contribution is -2.62. The van der Waals surface area contributed by atoms with E-state index in [1.807, 2.05) is 19.1 Å². The standard InChI is InChI=1S/C12H13N3O3S/c1-7-2-3-9(19-7)11(17)14-5-8(6-14)15-10(16)4-13-12(15)18/h2-3,8H,4-6H2,1H3,(H,13,18). The van der Waals surface area contributed by atoms with Gasteiger partial charge in [-0.3, -0.25) is 14.5 Å². The molecule has 19 heavy (non-hydrogen) atoms. The minimum Gasteiger partial charge on any atom is -0.334 e. The van der Waals surface area contributed by atoms with E-state index >= 15 is 0 Å². The van der Waals surface area contributed by atoms with Gasteiger partial charge in [0.1, 0.15) is 0 Å². The third-order valence-electron chi connectivity index (χ3n) is 3.34. The second-order valence-electron chi connectivity index (χ2n) is 4.70. The smallest absolute Gasteiger partial charge is 0.324 e. The number of hydrogen-bond donors (Lipinski definition) is 1. The molecule has 0 radical (unpaired) electrons. The monoisotopic (exact) mass is 279 g/mol. The lowest BCUT2D eigenvalue weighted by molar-refractivity contribution is -0.128. The molecule has 0 atom stereocenters. The molecule has 2 fully saturated rings. The van der Waals surface area contributed by atoms with Gasteiger partial charge in [0.05, 0.1) is 17.5 Å². The van der Waals surface area contributed by atoms with Crippen LogP contribution < -0.4 is 5.32 Å². The van der Waals surface area contributed by atoms with Crippen LogP contribution >= 0.6 is 11.3 Å². The summed E-state index contributed by atoms with van der Waals surface area (Å²) < 4.78 is 0. The summed E-state index contributed by atoms with van der Waals surface area (Å²) in [6.07, 6.45) is 0. The molecular formula is C12H13N3O3S. The van der Waals surface area contributed by atoms with Crippen LogP contribution in [0.2, 0.25) is 0 Å². The van der Waals surface area contributed by atoms with Crippen molar-refractivity contribution >= 4 is 29.2 Å². The van der Waals surface area contributed by atoms with E-state index in [-0.39, 0.29) is 30.4 Å². The summed E-state index contributed by atoms with van der Waals surface area (Å²) in [7, 11) is 0. The second kappa shape index (κ2) is 4.34. The summed E-state index contributed by atoms with van der Waals surface area (Å²) in [6, 6.07) is 3.18. The Bertz CT molecular complexity index is 546. The van der Waals surface area contributed by atoms with Crippen molar-refractivity contribution in [2.75, 3.05) is 19.6 Å². The Hall–Kier alpha value is -1.89. The molecule has 0 aromatic carbocycles. The minimum absolute atomic E-state index is 0.0265. The van der Waals surface area contributed by atoms with Crippen LogP contribution in [0.5, 0.6) is 0 Å². The van der Waals surface area contributed by atoms with Crippen molar-refractivity contribution in [2.24, 2.45) is 0 Å². The van der Waals surface area contributed by atoms with Gasteiger partial charge in [-0.2, -0.15) is 0 Å². The number of rotatable bonds is 2. The molecule has 0 unspecified atom stereocenters. The molecule has 100 valence electrons. The van der Waals surface area contributed by atoms with E-state index in [0.717, 1.165) is 4.88 Å². The van der Waals surface area contributed by atoms with Crippen molar-refractivity contribution in [1.29, 1.82) is 0 Å². The number of likely N-dealkylation sites (tertiary alicyclic amines) is 1. The number of aryl methyl sites for hydroxylation is 1. The lowest BCUT2D eigenvalue weighted by atomic mass is 10.1. The number of urea groups is 1. The van der Waals surface area contributed by atoms with Crippen molar-refractivity contribution < 1.29 is 14.4 Å². The van der Waals surface area contributed by atoms with Gasteiger partial charge in [0.25, 0.3) is 5.91 Å². The largest absolute Gasteiger partial charge is 0.334 e. The summed E-state index contributed by atoms with van der Waals surface area (Å²) in [5.74, 6) is -0.240. The number of nitrogens with one attached hydrogen (secondary N) is 1. The molecule has 0 bridgehead atoms. The van der Waals surface area contributed by atoms with Crippen LogP contribution in [0.25, 0.3) is 0 Å². The van der Waals surface area contributed by atoms with E-state index in [1.54, 1.807) is 4.90 Å². The maximum Gasteiger partial charge on any atom is 0.324 e. The average molecular weight is 279 g/mol. The first kappa shape index (κ1) is 12.2. The topological polar surface area (TPSA) is 69.7 Å². The normalized spacial score (nSPS) is 19.6. The summed E-state index contributed by atoms with van der Waals surface area (Å²) in [6.45, 7) is 2.87. The van der Waals surface area contributed by atoms with Gasteiger partial charge in [-0.1, -0.05) is 0 Å². The van der Waals surface area contributed by atoms with Crippen LogP contribution in [0.4, 0.5) is 4.79 Å². The fourth-order valence-electron chi connectivity index (χ4n) is 2.29. The highest BCUT2D eigenvalue weighted by Gasteiger charge is 2.43. The molecule has 0 aliphatic carbocycles. The molecule has 3 rings (SSSR count). The van der Waals surface area contributed by atoms with Crippen molar-refractivity contribution in [1.82, 2.24) is 15.1 Å². The Labute approximate surface area is 114 Å². The highest BCUT2D eigenvalue weighted by Crippen LogP contribution is 2.23. The van der Waals surface area contributed by atoms with Gasteiger partial charge in [0.2, 0.25) is 5.91 Å². The molecular weight excluding hydrogens is 266 g/mol. The van der Waals surface area contributed by atoms with E-state index in [4.69, 9.17) is 0 Å². The van der Waals surface area contributed by atoms with Crippen molar-refractivity contribution in [3.63, 3.8) is 0 Å². The third kappa shape index (κ3) is 1.99. The fourth-order valence-corrected chi connectivity index (χ4v) is 3.13. The van der Waals surface area contributed by atoms with Crippen LogP contribution in [0.3, 0.4) is 0 Å². The molecule has 0 spiro atoms. The van der Waals surface area contributed by atoms with Gasteiger partial charge in [0.15, 0.2) is 0 Å². The Morgan fingerprint density at radius 2 is 2.11 bits per heavy atom. The first-order chi connectivity index (χ1) is 9.06. The molecule has 1 aromatic heterocycles. The van der Waals surface area contributed by atoms with Gasteiger partial charge in [-0.05, 0) is 19.1 Å². The zero-order chi connectivity index (χ0) is 13.6. The Kier molecular flexibility index (Phi) is 2.78. The van der Waals surface area contributed by atoms with Crippen LogP contribution in [0, 0.1) is 6.92 Å². The van der Waals surface area contributed by atoms with Crippen LogP contribution in [-0.2, 0) is 4.79 Å². The highest BCUT2D eigenvalue weighted by molar-refractivity contribution is 7.13. The van der Waals surface area contributed by atoms with E-state index < -0.39 is 0 Å². The van der Waals surface area contributed by atoms with Crippen LogP contribution in [0.15, 0.2) is 12.1 Å². The number of thiophene rings is 1. The van der Waals surface area contributed by atoms with Crippen molar-refractivity contribution in [3.8, 4) is 0 Å². The van der Waals surface area contributed by atoms with Crippen molar-refractivity contribution in [2.45, 2.75) is 13.0 Å². The summed E-state index contributed by atoms with van der Waals surface area (Å²) >= 11 is 1.46. The SMILES string of the molecule is Cc1ccc(C(=O)N2CC(N3C(=O)CNC3=O)C2)s1. The van der Waals surface area contributed by atoms with E-state index in [9.17, 15) is 14.4 Å². The quantitative estimate of drug-likeness (QED) is 0.798. The Balaban J connectivity index is 1.62. The second-order valence-corrected chi connectivity index (χ2v) is 5.98. The van der Waals surface area contributed by atoms with Crippen LogP contribution in [0.1, 0.15) is 14.5 Å². The third-order valence-corrected chi connectivity index (χ3v) is 4.33. The van der Waals surface area contributed by atoms with Gasteiger partial charge in [-0.15, -0.1) is 11.3 Å². The number of nitrogens with zero attached hydrogens (tertiary/aromatic N) is 2. The van der Waals surface area contributed by atoms with Gasteiger partial charge < -0.3 is 10.2 Å². The molecule has 1 aromatic rings. The minimum atomic E-state index is -0.353. The number of carbonyl (C=O) groups is 3. The molecule has 2 aliphatic rings. The van der Waals surface area contributed by atoms with Gasteiger partial charge >= 0.3 is 6.03 Å². The summed E-state index contributed by atoms with van der Waals surface area (Å²) in [5, 5.41) is 2.48. The Morgan fingerprint density at radius 3 is 2.63 bits per heavy atom. The first-order valence-corrected chi connectivity index (χ1v) is 6.83. The molecule has 2 saturated heterocycles. The number of carbonyl (C=O) groups excluding carboxylic acids is 3. The maximum absolute atomic E-state index is 12.1. The molecule has 3 heterocycles. The van der Waals surface area contributed by atoms with Gasteiger partial charge in [0, 0.05) is 18.0 Å². The Morgan fingerprint density at radius 1 is 1.37 bits per heavy atom. The maximum atomic E-state index is 12.1. The lowest BCUT2D eigenvalue weighted by Gasteiger charge is -2.42. The zero-order valence-electron chi connectivity index (χ0n) is 10.4. The molecule has 1 N–H and O–H groups in total.